The molecule has 168 valence electrons. The summed E-state index contributed by atoms with van der Waals surface area (Å²) in [5.74, 6) is 0.0257. The van der Waals surface area contributed by atoms with Crippen LogP contribution in [0, 0.1) is 19.8 Å². The molecule has 0 spiro atoms. The van der Waals surface area contributed by atoms with Crippen LogP contribution in [-0.4, -0.2) is 29.3 Å². The van der Waals surface area contributed by atoms with Crippen molar-refractivity contribution in [3.05, 3.63) is 68.7 Å². The van der Waals surface area contributed by atoms with Crippen LogP contribution in [0.1, 0.15) is 49.4 Å². The second kappa shape index (κ2) is 11.5. The normalized spacial score (nSPS) is 12.0. The Balaban J connectivity index is 2.36. The van der Waals surface area contributed by atoms with Crippen molar-refractivity contribution in [3.8, 4) is 0 Å². The van der Waals surface area contributed by atoms with E-state index >= 15 is 0 Å². The standard InChI is InChI=1S/C25H32Cl2N2O2/c1-6-23(25(31)28-14-16(2)3)29(15-20-21(26)8-7-9-22(20)27)24(30)13-19-11-10-17(4)18(5)12-19/h7-12,16,23H,6,13-15H2,1-5H3,(H,28,31)/t23-/m0/s1. The van der Waals surface area contributed by atoms with Gasteiger partial charge in [0.1, 0.15) is 6.04 Å². The summed E-state index contributed by atoms with van der Waals surface area (Å²) in [6, 6.07) is 10.6. The monoisotopic (exact) mass is 462 g/mol. The van der Waals surface area contributed by atoms with Crippen LogP contribution in [-0.2, 0) is 22.6 Å². The zero-order chi connectivity index (χ0) is 23.1. The van der Waals surface area contributed by atoms with Crippen molar-refractivity contribution in [1.29, 1.82) is 0 Å². The van der Waals surface area contributed by atoms with E-state index in [0.717, 1.165) is 11.1 Å². The Bertz CT molecular complexity index is 907. The molecular formula is C25H32Cl2N2O2. The Kier molecular flexibility index (Phi) is 9.39. The molecule has 0 heterocycles. The Labute approximate surface area is 195 Å². The first kappa shape index (κ1) is 25.2. The van der Waals surface area contributed by atoms with Crippen LogP contribution in [0.5, 0.6) is 0 Å². The molecule has 2 amide bonds. The third kappa shape index (κ3) is 6.98. The zero-order valence-corrected chi connectivity index (χ0v) is 20.5. The van der Waals surface area contributed by atoms with E-state index in [4.69, 9.17) is 23.2 Å². The summed E-state index contributed by atoms with van der Waals surface area (Å²) in [5, 5.41) is 3.93. The number of nitrogens with one attached hydrogen (secondary N) is 1. The minimum atomic E-state index is -0.606. The van der Waals surface area contributed by atoms with Crippen molar-refractivity contribution < 1.29 is 9.59 Å². The van der Waals surface area contributed by atoms with Gasteiger partial charge in [-0.2, -0.15) is 0 Å². The zero-order valence-electron chi connectivity index (χ0n) is 19.0. The van der Waals surface area contributed by atoms with Gasteiger partial charge in [0, 0.05) is 28.7 Å². The average molecular weight is 463 g/mol. The summed E-state index contributed by atoms with van der Waals surface area (Å²) in [7, 11) is 0. The number of halogens is 2. The average Bonchev–Trinajstić information content (AvgIpc) is 2.71. The molecule has 0 unspecified atom stereocenters. The number of carbonyl (C=O) groups is 2. The van der Waals surface area contributed by atoms with Crippen LogP contribution < -0.4 is 5.32 Å². The molecule has 2 aromatic rings. The fourth-order valence-electron chi connectivity index (χ4n) is 3.39. The molecule has 0 saturated carbocycles. The van der Waals surface area contributed by atoms with Gasteiger partial charge in [-0.15, -0.1) is 0 Å². The van der Waals surface area contributed by atoms with Crippen LogP contribution in [0.4, 0.5) is 0 Å². The van der Waals surface area contributed by atoms with Crippen LogP contribution >= 0.6 is 23.2 Å². The van der Waals surface area contributed by atoms with Crippen LogP contribution in [0.3, 0.4) is 0 Å². The second-order valence-electron chi connectivity index (χ2n) is 8.38. The minimum absolute atomic E-state index is 0.134. The van der Waals surface area contributed by atoms with Crippen molar-refractivity contribution in [2.45, 2.75) is 60.0 Å². The summed E-state index contributed by atoms with van der Waals surface area (Å²) in [4.78, 5) is 28.0. The Morgan fingerprint density at radius 1 is 1.03 bits per heavy atom. The Hall–Kier alpha value is -2.04. The molecule has 0 bridgehead atoms. The van der Waals surface area contributed by atoms with Gasteiger partial charge in [0.15, 0.2) is 0 Å². The van der Waals surface area contributed by atoms with Gasteiger partial charge in [0.05, 0.1) is 6.42 Å². The maximum atomic E-state index is 13.4. The van der Waals surface area contributed by atoms with E-state index in [-0.39, 0.29) is 24.8 Å². The van der Waals surface area contributed by atoms with Gasteiger partial charge in [-0.3, -0.25) is 9.59 Å². The smallest absolute Gasteiger partial charge is 0.242 e. The maximum absolute atomic E-state index is 13.4. The van der Waals surface area contributed by atoms with Gasteiger partial charge in [-0.25, -0.2) is 0 Å². The number of aryl methyl sites for hydroxylation is 2. The quantitative estimate of drug-likeness (QED) is 0.516. The highest BCUT2D eigenvalue weighted by Gasteiger charge is 2.29. The molecule has 0 saturated heterocycles. The van der Waals surface area contributed by atoms with E-state index in [1.807, 2.05) is 52.8 Å². The first-order valence-electron chi connectivity index (χ1n) is 10.7. The van der Waals surface area contributed by atoms with Crippen molar-refractivity contribution in [2.24, 2.45) is 5.92 Å². The highest BCUT2D eigenvalue weighted by molar-refractivity contribution is 6.36. The molecule has 31 heavy (non-hydrogen) atoms. The van der Waals surface area contributed by atoms with Gasteiger partial charge in [0.2, 0.25) is 11.8 Å². The summed E-state index contributed by atoms with van der Waals surface area (Å²) < 4.78 is 0. The van der Waals surface area contributed by atoms with Gasteiger partial charge < -0.3 is 10.2 Å². The lowest BCUT2D eigenvalue weighted by Crippen LogP contribution is -2.50. The number of benzene rings is 2. The lowest BCUT2D eigenvalue weighted by atomic mass is 10.0. The van der Waals surface area contributed by atoms with Crippen molar-refractivity contribution >= 4 is 35.0 Å². The van der Waals surface area contributed by atoms with Gasteiger partial charge in [-0.1, -0.05) is 68.2 Å². The van der Waals surface area contributed by atoms with Crippen LogP contribution in [0.15, 0.2) is 36.4 Å². The highest BCUT2D eigenvalue weighted by atomic mass is 35.5. The van der Waals surface area contributed by atoms with E-state index in [1.54, 1.807) is 23.1 Å². The highest BCUT2D eigenvalue weighted by Crippen LogP contribution is 2.27. The molecule has 0 radical (unpaired) electrons. The van der Waals surface area contributed by atoms with E-state index in [1.165, 1.54) is 5.56 Å². The molecule has 0 aliphatic heterocycles. The first-order valence-corrected chi connectivity index (χ1v) is 11.5. The van der Waals surface area contributed by atoms with Crippen LogP contribution in [0.2, 0.25) is 10.0 Å². The fourth-order valence-corrected chi connectivity index (χ4v) is 3.90. The number of carbonyl (C=O) groups excluding carboxylic acids is 2. The largest absolute Gasteiger partial charge is 0.354 e. The third-order valence-electron chi connectivity index (χ3n) is 5.39. The number of hydrogen-bond donors (Lipinski definition) is 1. The molecule has 6 heteroatoms. The molecule has 0 fully saturated rings. The SMILES string of the molecule is CC[C@@H](C(=O)NCC(C)C)N(Cc1c(Cl)cccc1Cl)C(=O)Cc1ccc(C)c(C)c1. The number of amides is 2. The molecule has 0 aromatic heterocycles. The predicted octanol–water partition coefficient (Wildman–Crippen LogP) is 5.73. The lowest BCUT2D eigenvalue weighted by Gasteiger charge is -2.31. The van der Waals surface area contributed by atoms with Gasteiger partial charge in [0.25, 0.3) is 0 Å². The fraction of sp³-hybridized carbons (Fsp3) is 0.440. The molecule has 2 aromatic carbocycles. The minimum Gasteiger partial charge on any atom is -0.354 e. The van der Waals surface area contributed by atoms with E-state index in [9.17, 15) is 9.59 Å². The molecule has 0 aliphatic rings. The Morgan fingerprint density at radius 3 is 2.23 bits per heavy atom. The van der Waals surface area contributed by atoms with E-state index < -0.39 is 6.04 Å². The summed E-state index contributed by atoms with van der Waals surface area (Å²) in [6.45, 7) is 10.8. The molecule has 1 N–H and O–H groups in total. The van der Waals surface area contributed by atoms with Crippen molar-refractivity contribution in [3.63, 3.8) is 0 Å². The van der Waals surface area contributed by atoms with Crippen LogP contribution in [0.25, 0.3) is 0 Å². The second-order valence-corrected chi connectivity index (χ2v) is 9.19. The summed E-state index contributed by atoms with van der Waals surface area (Å²) >= 11 is 12.8. The molecule has 4 nitrogen and oxygen atoms in total. The first-order chi connectivity index (χ1) is 14.6. The molecular weight excluding hydrogens is 431 g/mol. The molecule has 0 aliphatic carbocycles. The van der Waals surface area contributed by atoms with E-state index in [2.05, 4.69) is 5.32 Å². The van der Waals surface area contributed by atoms with E-state index in [0.29, 0.717) is 34.5 Å². The lowest BCUT2D eigenvalue weighted by molar-refractivity contribution is -0.141. The summed E-state index contributed by atoms with van der Waals surface area (Å²) in [6.07, 6.45) is 0.696. The van der Waals surface area contributed by atoms with Crippen molar-refractivity contribution in [1.82, 2.24) is 10.2 Å². The number of nitrogens with zero attached hydrogens (tertiary/aromatic N) is 1. The third-order valence-corrected chi connectivity index (χ3v) is 6.10. The van der Waals surface area contributed by atoms with Gasteiger partial charge >= 0.3 is 0 Å². The Morgan fingerprint density at radius 2 is 1.68 bits per heavy atom. The molecule has 1 atom stereocenters. The predicted molar refractivity (Wildman–Crippen MR) is 129 cm³/mol. The molecule has 2 rings (SSSR count). The van der Waals surface area contributed by atoms with Gasteiger partial charge in [-0.05, 0) is 55.0 Å². The summed E-state index contributed by atoms with van der Waals surface area (Å²) in [5.41, 5.74) is 3.87. The van der Waals surface area contributed by atoms with Crippen molar-refractivity contribution in [2.75, 3.05) is 6.54 Å². The number of rotatable bonds is 9. The maximum Gasteiger partial charge on any atom is 0.242 e. The topological polar surface area (TPSA) is 49.4 Å². The number of hydrogen-bond acceptors (Lipinski definition) is 2.